The molecular formula is C25H32N2O5. The number of carbonyl (C=O) groups excluding carboxylic acids is 2. The van der Waals surface area contributed by atoms with Gasteiger partial charge in [0, 0.05) is 31.7 Å². The summed E-state index contributed by atoms with van der Waals surface area (Å²) in [7, 11) is 1.64. The largest absolute Gasteiger partial charge is 0.496 e. The number of methoxy groups -OCH3 is 1. The number of benzene rings is 2. The molecule has 0 unspecified atom stereocenters. The van der Waals surface area contributed by atoms with Gasteiger partial charge in [-0.2, -0.15) is 0 Å². The monoisotopic (exact) mass is 440 g/mol. The first-order valence-corrected chi connectivity index (χ1v) is 10.8. The van der Waals surface area contributed by atoms with Gasteiger partial charge < -0.3 is 24.0 Å². The van der Waals surface area contributed by atoms with E-state index < -0.39 is 5.60 Å². The number of ether oxygens (including phenoxy) is 3. The van der Waals surface area contributed by atoms with Crippen LogP contribution in [0.1, 0.15) is 42.3 Å². The molecule has 2 aromatic rings. The van der Waals surface area contributed by atoms with Gasteiger partial charge in [-0.15, -0.1) is 0 Å². The molecule has 2 amide bonds. The predicted molar refractivity (Wildman–Crippen MR) is 123 cm³/mol. The van der Waals surface area contributed by atoms with Crippen LogP contribution in [0.4, 0.5) is 4.79 Å². The standard InChI is InChI=1S/C25H32N2O5/c1-17-15-19(7-9-22(17)31-20-8-10-21(30-6)18(2)16-20)23(28)26-11-13-27(14-12-26)24(29)32-25(3,4)5/h7-10,15-16H,11-14H2,1-6H3. The van der Waals surface area contributed by atoms with Crippen LogP contribution in [-0.2, 0) is 4.74 Å². The Kier molecular flexibility index (Phi) is 6.96. The molecule has 0 aromatic heterocycles. The zero-order valence-electron chi connectivity index (χ0n) is 19.7. The maximum atomic E-state index is 13.0. The van der Waals surface area contributed by atoms with E-state index in [9.17, 15) is 9.59 Å². The van der Waals surface area contributed by atoms with E-state index >= 15 is 0 Å². The van der Waals surface area contributed by atoms with E-state index in [-0.39, 0.29) is 12.0 Å². The molecule has 1 heterocycles. The van der Waals surface area contributed by atoms with E-state index in [1.807, 2.05) is 65.0 Å². The average molecular weight is 441 g/mol. The van der Waals surface area contributed by atoms with Crippen molar-refractivity contribution in [2.75, 3.05) is 33.3 Å². The summed E-state index contributed by atoms with van der Waals surface area (Å²) in [5, 5.41) is 0. The number of rotatable bonds is 4. The van der Waals surface area contributed by atoms with E-state index in [1.54, 1.807) is 23.0 Å². The first kappa shape index (κ1) is 23.4. The van der Waals surface area contributed by atoms with E-state index in [4.69, 9.17) is 14.2 Å². The maximum Gasteiger partial charge on any atom is 0.410 e. The van der Waals surface area contributed by atoms with Gasteiger partial charge >= 0.3 is 6.09 Å². The molecule has 0 bridgehead atoms. The molecule has 1 aliphatic rings. The fourth-order valence-electron chi connectivity index (χ4n) is 3.54. The van der Waals surface area contributed by atoms with E-state index in [2.05, 4.69) is 0 Å². The Morgan fingerprint density at radius 3 is 2.00 bits per heavy atom. The Morgan fingerprint density at radius 2 is 1.44 bits per heavy atom. The van der Waals surface area contributed by atoms with Crippen LogP contribution in [-0.4, -0.2) is 60.7 Å². The highest BCUT2D eigenvalue weighted by Gasteiger charge is 2.28. The van der Waals surface area contributed by atoms with Crippen LogP contribution < -0.4 is 9.47 Å². The second-order valence-electron chi connectivity index (χ2n) is 8.97. The lowest BCUT2D eigenvalue weighted by Crippen LogP contribution is -2.51. The number of carbonyl (C=O) groups is 2. The van der Waals surface area contributed by atoms with Gasteiger partial charge in [0.2, 0.25) is 0 Å². The van der Waals surface area contributed by atoms with Crippen molar-refractivity contribution in [3.63, 3.8) is 0 Å². The molecular weight excluding hydrogens is 408 g/mol. The second-order valence-corrected chi connectivity index (χ2v) is 8.97. The van der Waals surface area contributed by atoms with Gasteiger partial charge in [-0.1, -0.05) is 0 Å². The van der Waals surface area contributed by atoms with Gasteiger partial charge in [-0.3, -0.25) is 4.79 Å². The molecule has 0 spiro atoms. The van der Waals surface area contributed by atoms with E-state index in [0.717, 1.165) is 16.9 Å². The Hall–Kier alpha value is -3.22. The number of aryl methyl sites for hydroxylation is 2. The van der Waals surface area contributed by atoms with Gasteiger partial charge in [-0.05, 0) is 82.1 Å². The zero-order chi connectivity index (χ0) is 23.5. The Morgan fingerprint density at radius 1 is 0.844 bits per heavy atom. The first-order valence-electron chi connectivity index (χ1n) is 10.8. The minimum absolute atomic E-state index is 0.0521. The highest BCUT2D eigenvalue weighted by molar-refractivity contribution is 5.94. The third kappa shape index (κ3) is 5.72. The van der Waals surface area contributed by atoms with Crippen molar-refractivity contribution in [1.82, 2.24) is 9.80 Å². The van der Waals surface area contributed by atoms with Crippen molar-refractivity contribution < 1.29 is 23.8 Å². The molecule has 0 N–H and O–H groups in total. The SMILES string of the molecule is COc1ccc(Oc2ccc(C(=O)N3CCN(C(=O)OC(C)(C)C)CC3)cc2C)cc1C. The fraction of sp³-hybridized carbons (Fsp3) is 0.440. The van der Waals surface area contributed by atoms with Crippen molar-refractivity contribution in [2.24, 2.45) is 0 Å². The molecule has 7 nitrogen and oxygen atoms in total. The summed E-state index contributed by atoms with van der Waals surface area (Å²) in [5.41, 5.74) is 1.93. The normalized spacial score (nSPS) is 14.2. The molecule has 0 radical (unpaired) electrons. The number of nitrogens with zero attached hydrogens (tertiary/aromatic N) is 2. The van der Waals surface area contributed by atoms with Gasteiger partial charge in [0.05, 0.1) is 7.11 Å². The molecule has 1 aliphatic heterocycles. The second kappa shape index (κ2) is 9.51. The third-order valence-electron chi connectivity index (χ3n) is 5.23. The zero-order valence-corrected chi connectivity index (χ0v) is 19.7. The third-order valence-corrected chi connectivity index (χ3v) is 5.23. The smallest absolute Gasteiger partial charge is 0.410 e. The van der Waals surface area contributed by atoms with E-state index in [1.165, 1.54) is 0 Å². The quantitative estimate of drug-likeness (QED) is 0.683. The van der Waals surface area contributed by atoms with Crippen molar-refractivity contribution >= 4 is 12.0 Å². The van der Waals surface area contributed by atoms with Gasteiger partial charge in [0.15, 0.2) is 0 Å². The first-order chi connectivity index (χ1) is 15.1. The van der Waals surface area contributed by atoms with Gasteiger partial charge in [0.25, 0.3) is 5.91 Å². The van der Waals surface area contributed by atoms with Crippen LogP contribution in [0.2, 0.25) is 0 Å². The summed E-state index contributed by atoms with van der Waals surface area (Å²) in [6.45, 7) is 11.3. The van der Waals surface area contributed by atoms with Crippen LogP contribution in [0.3, 0.4) is 0 Å². The highest BCUT2D eigenvalue weighted by atomic mass is 16.6. The minimum Gasteiger partial charge on any atom is -0.496 e. The lowest BCUT2D eigenvalue weighted by atomic mass is 10.1. The molecule has 1 saturated heterocycles. The van der Waals surface area contributed by atoms with Crippen LogP contribution >= 0.6 is 0 Å². The summed E-state index contributed by atoms with van der Waals surface area (Å²) >= 11 is 0. The Bertz CT molecular complexity index is 988. The topological polar surface area (TPSA) is 68.3 Å². The molecule has 0 atom stereocenters. The number of piperazine rings is 1. The van der Waals surface area contributed by atoms with Crippen molar-refractivity contribution in [2.45, 2.75) is 40.2 Å². The fourth-order valence-corrected chi connectivity index (χ4v) is 3.54. The van der Waals surface area contributed by atoms with Gasteiger partial charge in [-0.25, -0.2) is 4.79 Å². The minimum atomic E-state index is -0.532. The Balaban J connectivity index is 1.62. The number of amides is 2. The van der Waals surface area contributed by atoms with Crippen LogP contribution in [0.15, 0.2) is 36.4 Å². The van der Waals surface area contributed by atoms with Crippen LogP contribution in [0.5, 0.6) is 17.2 Å². The molecule has 7 heteroatoms. The van der Waals surface area contributed by atoms with Crippen molar-refractivity contribution in [1.29, 1.82) is 0 Å². The molecule has 3 rings (SSSR count). The summed E-state index contributed by atoms with van der Waals surface area (Å²) in [6.07, 6.45) is -0.337. The average Bonchev–Trinajstić information content (AvgIpc) is 2.74. The van der Waals surface area contributed by atoms with Gasteiger partial charge in [0.1, 0.15) is 22.8 Å². The van der Waals surface area contributed by atoms with Crippen molar-refractivity contribution in [3.8, 4) is 17.2 Å². The maximum absolute atomic E-state index is 13.0. The van der Waals surface area contributed by atoms with Crippen molar-refractivity contribution in [3.05, 3.63) is 53.1 Å². The molecule has 0 saturated carbocycles. The molecule has 2 aromatic carbocycles. The predicted octanol–water partition coefficient (Wildman–Crippen LogP) is 4.80. The van der Waals surface area contributed by atoms with Crippen LogP contribution in [0, 0.1) is 13.8 Å². The number of hydrogen-bond donors (Lipinski definition) is 0. The summed E-state index contributed by atoms with van der Waals surface area (Å²) in [4.78, 5) is 28.6. The summed E-state index contributed by atoms with van der Waals surface area (Å²) < 4.78 is 16.7. The lowest BCUT2D eigenvalue weighted by molar-refractivity contribution is 0.0141. The Labute approximate surface area is 189 Å². The summed E-state index contributed by atoms with van der Waals surface area (Å²) in [5.74, 6) is 2.16. The van der Waals surface area contributed by atoms with Crippen LogP contribution in [0.25, 0.3) is 0 Å². The lowest BCUT2D eigenvalue weighted by Gasteiger charge is -2.35. The number of hydrogen-bond acceptors (Lipinski definition) is 5. The summed E-state index contributed by atoms with van der Waals surface area (Å²) in [6, 6.07) is 11.1. The molecule has 32 heavy (non-hydrogen) atoms. The molecule has 172 valence electrons. The highest BCUT2D eigenvalue weighted by Crippen LogP contribution is 2.29. The molecule has 1 fully saturated rings. The van der Waals surface area contributed by atoms with E-state index in [0.29, 0.717) is 43.2 Å². The molecule has 0 aliphatic carbocycles.